The molecule has 0 amide bonds. The summed E-state index contributed by atoms with van der Waals surface area (Å²) >= 11 is 0. The van der Waals surface area contributed by atoms with Crippen LogP contribution in [0.4, 0.5) is 0 Å². The topological polar surface area (TPSA) is 38.0 Å². The highest BCUT2D eigenvalue weighted by Crippen LogP contribution is 2.30. The van der Waals surface area contributed by atoms with Gasteiger partial charge in [-0.25, -0.2) is 0 Å². The van der Waals surface area contributed by atoms with Crippen molar-refractivity contribution < 1.29 is 0 Å². The van der Waals surface area contributed by atoms with Gasteiger partial charge in [-0.1, -0.05) is 66.7 Å². The molecule has 2 aromatic carbocycles. The molecule has 0 saturated heterocycles. The number of unbranched alkanes of at least 4 members (excludes halogenated alkanes) is 1. The van der Waals surface area contributed by atoms with Gasteiger partial charge in [0.25, 0.3) is 0 Å². The lowest BCUT2D eigenvalue weighted by atomic mass is 9.83. The molecule has 0 fully saturated rings. The van der Waals surface area contributed by atoms with Crippen LogP contribution in [0.1, 0.15) is 36.3 Å². The summed E-state index contributed by atoms with van der Waals surface area (Å²) in [6.07, 6.45) is 5.10. The maximum Gasteiger partial charge on any atom is 0.0319 e. The molecular formula is C19H24N2. The van der Waals surface area contributed by atoms with Crippen molar-refractivity contribution in [2.24, 2.45) is 5.84 Å². The Labute approximate surface area is 127 Å². The first-order valence-corrected chi connectivity index (χ1v) is 7.53. The zero-order valence-corrected chi connectivity index (χ0v) is 12.4. The first-order valence-electron chi connectivity index (χ1n) is 7.53. The smallest absolute Gasteiger partial charge is 0.0319 e. The fourth-order valence-electron chi connectivity index (χ4n) is 2.81. The summed E-state index contributed by atoms with van der Waals surface area (Å²) < 4.78 is 0. The van der Waals surface area contributed by atoms with Gasteiger partial charge in [0.2, 0.25) is 0 Å². The number of rotatable bonds is 8. The van der Waals surface area contributed by atoms with Gasteiger partial charge in [-0.3, -0.25) is 11.3 Å². The van der Waals surface area contributed by atoms with E-state index in [-0.39, 0.29) is 12.0 Å². The Balaban J connectivity index is 2.28. The zero-order valence-electron chi connectivity index (χ0n) is 12.4. The highest BCUT2D eigenvalue weighted by Gasteiger charge is 2.23. The number of allylic oxidation sites excluding steroid dienone is 1. The summed E-state index contributed by atoms with van der Waals surface area (Å²) in [6, 6.07) is 21.4. The molecule has 0 aromatic heterocycles. The molecule has 2 nitrogen and oxygen atoms in total. The minimum atomic E-state index is 0.217. The molecule has 1 unspecified atom stereocenters. The summed E-state index contributed by atoms with van der Waals surface area (Å²) in [6.45, 7) is 3.79. The number of nitrogens with two attached hydrogens (primary N) is 1. The van der Waals surface area contributed by atoms with Crippen molar-refractivity contribution >= 4 is 0 Å². The molecular weight excluding hydrogens is 256 g/mol. The van der Waals surface area contributed by atoms with Crippen LogP contribution in [-0.4, -0.2) is 6.04 Å². The van der Waals surface area contributed by atoms with Crippen LogP contribution in [0.25, 0.3) is 0 Å². The standard InChI is InChI=1S/C19H24N2/c1-2-3-6-15-18(21-20)19(16-11-7-4-8-12-16)17-13-9-5-10-14-17/h2,4-5,7-14,18-19,21H,1,3,6,15,20H2. The van der Waals surface area contributed by atoms with Gasteiger partial charge in [0.1, 0.15) is 0 Å². The van der Waals surface area contributed by atoms with Crippen molar-refractivity contribution in [2.75, 3.05) is 0 Å². The van der Waals surface area contributed by atoms with Crippen molar-refractivity contribution in [2.45, 2.75) is 31.2 Å². The van der Waals surface area contributed by atoms with Crippen LogP contribution in [0.3, 0.4) is 0 Å². The first-order chi connectivity index (χ1) is 10.4. The number of benzene rings is 2. The van der Waals surface area contributed by atoms with Gasteiger partial charge >= 0.3 is 0 Å². The zero-order chi connectivity index (χ0) is 14.9. The summed E-state index contributed by atoms with van der Waals surface area (Å²) in [5.41, 5.74) is 5.62. The molecule has 2 rings (SSSR count). The van der Waals surface area contributed by atoms with Crippen LogP contribution in [0.15, 0.2) is 73.3 Å². The van der Waals surface area contributed by atoms with E-state index < -0.39 is 0 Å². The highest BCUT2D eigenvalue weighted by molar-refractivity contribution is 5.34. The van der Waals surface area contributed by atoms with E-state index in [1.54, 1.807) is 0 Å². The predicted molar refractivity (Wildman–Crippen MR) is 89.9 cm³/mol. The second-order valence-corrected chi connectivity index (χ2v) is 5.29. The van der Waals surface area contributed by atoms with Gasteiger partial charge in [0, 0.05) is 12.0 Å². The lowest BCUT2D eigenvalue weighted by Gasteiger charge is -2.27. The Kier molecular flexibility index (Phi) is 6.20. The molecule has 0 bridgehead atoms. The summed E-state index contributed by atoms with van der Waals surface area (Å²) in [4.78, 5) is 0. The van der Waals surface area contributed by atoms with Crippen LogP contribution >= 0.6 is 0 Å². The lowest BCUT2D eigenvalue weighted by Crippen LogP contribution is -2.40. The van der Waals surface area contributed by atoms with Crippen molar-refractivity contribution in [1.82, 2.24) is 5.43 Å². The number of hydrazine groups is 1. The van der Waals surface area contributed by atoms with Crippen molar-refractivity contribution in [3.05, 3.63) is 84.4 Å². The molecule has 0 radical (unpaired) electrons. The summed E-state index contributed by atoms with van der Waals surface area (Å²) in [5, 5.41) is 0. The van der Waals surface area contributed by atoms with Crippen molar-refractivity contribution in [3.63, 3.8) is 0 Å². The Morgan fingerprint density at radius 2 is 1.48 bits per heavy atom. The highest BCUT2D eigenvalue weighted by atomic mass is 15.2. The molecule has 0 aliphatic heterocycles. The van der Waals surface area contributed by atoms with Gasteiger partial charge in [-0.15, -0.1) is 6.58 Å². The summed E-state index contributed by atoms with van der Waals surface area (Å²) in [5.74, 6) is 6.12. The third-order valence-corrected chi connectivity index (χ3v) is 3.86. The molecule has 1 atom stereocenters. The molecule has 2 heteroatoms. The summed E-state index contributed by atoms with van der Waals surface area (Å²) in [7, 11) is 0. The number of hydrogen-bond acceptors (Lipinski definition) is 2. The largest absolute Gasteiger partial charge is 0.271 e. The maximum atomic E-state index is 5.85. The Morgan fingerprint density at radius 1 is 0.952 bits per heavy atom. The van der Waals surface area contributed by atoms with Crippen molar-refractivity contribution in [3.8, 4) is 0 Å². The average Bonchev–Trinajstić information content (AvgIpc) is 2.56. The monoisotopic (exact) mass is 280 g/mol. The van der Waals surface area contributed by atoms with E-state index in [9.17, 15) is 0 Å². The van der Waals surface area contributed by atoms with Crippen LogP contribution < -0.4 is 11.3 Å². The van der Waals surface area contributed by atoms with E-state index in [2.05, 4.69) is 60.5 Å². The van der Waals surface area contributed by atoms with Gasteiger partial charge < -0.3 is 0 Å². The Hall–Kier alpha value is -1.90. The first kappa shape index (κ1) is 15.5. The van der Waals surface area contributed by atoms with Gasteiger partial charge in [0.05, 0.1) is 0 Å². The van der Waals surface area contributed by atoms with E-state index in [1.807, 2.05) is 18.2 Å². The maximum absolute atomic E-state index is 5.85. The average molecular weight is 280 g/mol. The van der Waals surface area contributed by atoms with Crippen LogP contribution in [0, 0.1) is 0 Å². The molecule has 3 N–H and O–H groups in total. The molecule has 0 aliphatic rings. The lowest BCUT2D eigenvalue weighted by molar-refractivity contribution is 0.439. The fraction of sp³-hybridized carbons (Fsp3) is 0.263. The number of nitrogens with one attached hydrogen (secondary N) is 1. The van der Waals surface area contributed by atoms with E-state index in [0.29, 0.717) is 0 Å². The van der Waals surface area contributed by atoms with E-state index in [4.69, 9.17) is 5.84 Å². The van der Waals surface area contributed by atoms with E-state index in [0.717, 1.165) is 19.3 Å². The second-order valence-electron chi connectivity index (χ2n) is 5.29. The van der Waals surface area contributed by atoms with Gasteiger partial charge in [0.15, 0.2) is 0 Å². The van der Waals surface area contributed by atoms with Crippen LogP contribution in [-0.2, 0) is 0 Å². The normalized spacial score (nSPS) is 12.3. The third kappa shape index (κ3) is 4.28. The van der Waals surface area contributed by atoms with Crippen molar-refractivity contribution in [1.29, 1.82) is 0 Å². The molecule has 110 valence electrons. The SMILES string of the molecule is C=CCCCC(NN)C(c1ccccc1)c1ccccc1. The van der Waals surface area contributed by atoms with Crippen LogP contribution in [0.5, 0.6) is 0 Å². The van der Waals surface area contributed by atoms with Gasteiger partial charge in [-0.2, -0.15) is 0 Å². The molecule has 0 aliphatic carbocycles. The van der Waals surface area contributed by atoms with Crippen LogP contribution in [0.2, 0.25) is 0 Å². The minimum Gasteiger partial charge on any atom is -0.271 e. The Morgan fingerprint density at radius 3 is 1.90 bits per heavy atom. The minimum absolute atomic E-state index is 0.217. The molecule has 0 heterocycles. The molecule has 0 saturated carbocycles. The van der Waals surface area contributed by atoms with Gasteiger partial charge in [-0.05, 0) is 30.4 Å². The second kappa shape index (κ2) is 8.40. The van der Waals surface area contributed by atoms with E-state index >= 15 is 0 Å². The molecule has 2 aromatic rings. The number of hydrogen-bond donors (Lipinski definition) is 2. The quantitative estimate of drug-likeness (QED) is 0.332. The molecule has 21 heavy (non-hydrogen) atoms. The third-order valence-electron chi connectivity index (χ3n) is 3.86. The fourth-order valence-corrected chi connectivity index (χ4v) is 2.81. The van der Waals surface area contributed by atoms with E-state index in [1.165, 1.54) is 11.1 Å². The molecule has 0 spiro atoms. The Bertz CT molecular complexity index is 482. The predicted octanol–water partition coefficient (Wildman–Crippen LogP) is 4.01.